The Balaban J connectivity index is 2.04. The predicted molar refractivity (Wildman–Crippen MR) is 65.6 cm³/mol. The number of hydrogen-bond acceptors (Lipinski definition) is 2. The lowest BCUT2D eigenvalue weighted by molar-refractivity contribution is -0.123. The number of hydrogen-bond donors (Lipinski definition) is 1. The molecular weight excluding hydrogens is 241 g/mol. The molecule has 0 radical (unpaired) electrons. The molecule has 1 fully saturated rings. The number of Topliss-reactive ketones (excluding diaryl/α,β-unsaturated/α-hetero) is 1. The first kappa shape index (κ1) is 12.5. The van der Waals surface area contributed by atoms with Crippen molar-refractivity contribution in [2.24, 2.45) is 11.8 Å². The molecule has 1 aromatic carbocycles. The minimum Gasteiger partial charge on any atom is -0.316 e. The fourth-order valence-corrected chi connectivity index (χ4v) is 2.14. The van der Waals surface area contributed by atoms with E-state index in [1.165, 1.54) is 18.2 Å². The lowest BCUT2D eigenvalue weighted by Crippen LogP contribution is -2.47. The van der Waals surface area contributed by atoms with E-state index in [-0.39, 0.29) is 23.9 Å². The van der Waals surface area contributed by atoms with E-state index in [9.17, 15) is 9.18 Å². The molecule has 1 atom stereocenters. The molecule has 0 amide bonds. The highest BCUT2D eigenvalue weighted by Crippen LogP contribution is 2.22. The summed E-state index contributed by atoms with van der Waals surface area (Å²) in [4.78, 5) is 12.0. The third-order valence-corrected chi connectivity index (χ3v) is 3.77. The minimum atomic E-state index is -0.352. The van der Waals surface area contributed by atoms with Gasteiger partial charge in [0.25, 0.3) is 0 Å². The number of carbonyl (C=O) groups excluding carboxylic acids is 1. The molecule has 92 valence electrons. The van der Waals surface area contributed by atoms with E-state index >= 15 is 0 Å². The van der Waals surface area contributed by atoms with Crippen LogP contribution in [0.5, 0.6) is 0 Å². The van der Waals surface area contributed by atoms with Gasteiger partial charge in [-0.1, -0.05) is 18.5 Å². The van der Waals surface area contributed by atoms with Crippen LogP contribution in [0.4, 0.5) is 4.39 Å². The molecule has 1 aromatic rings. The number of ketones is 1. The third kappa shape index (κ3) is 2.85. The molecule has 1 heterocycles. The van der Waals surface area contributed by atoms with Crippen LogP contribution < -0.4 is 5.32 Å². The van der Waals surface area contributed by atoms with Crippen LogP contribution in [0.1, 0.15) is 12.5 Å². The zero-order chi connectivity index (χ0) is 12.4. The fraction of sp³-hybridized carbons (Fsp3) is 0.462. The number of halogens is 2. The highest BCUT2D eigenvalue weighted by Gasteiger charge is 2.28. The van der Waals surface area contributed by atoms with Crippen LogP contribution in [0.2, 0.25) is 5.02 Å². The Hall–Kier alpha value is -0.930. The normalized spacial score (nSPS) is 17.6. The maximum absolute atomic E-state index is 13.1. The smallest absolute Gasteiger partial charge is 0.140 e. The van der Waals surface area contributed by atoms with Crippen molar-refractivity contribution in [2.45, 2.75) is 13.3 Å². The summed E-state index contributed by atoms with van der Waals surface area (Å²) in [6.45, 7) is 3.72. The Bertz CT molecular complexity index is 431. The van der Waals surface area contributed by atoms with Gasteiger partial charge in [-0.15, -0.1) is 0 Å². The molecule has 17 heavy (non-hydrogen) atoms. The summed E-state index contributed by atoms with van der Waals surface area (Å²) in [5, 5.41) is 3.60. The first-order valence-electron chi connectivity index (χ1n) is 5.75. The quantitative estimate of drug-likeness (QED) is 0.896. The average molecular weight is 256 g/mol. The molecule has 0 bridgehead atoms. The lowest BCUT2D eigenvalue weighted by Gasteiger charge is -2.31. The van der Waals surface area contributed by atoms with Gasteiger partial charge in [-0.05, 0) is 42.8 Å². The molecule has 1 saturated heterocycles. The van der Waals surface area contributed by atoms with Crippen molar-refractivity contribution >= 4 is 17.4 Å². The average Bonchev–Trinajstić information content (AvgIpc) is 2.21. The first-order chi connectivity index (χ1) is 8.08. The summed E-state index contributed by atoms with van der Waals surface area (Å²) in [7, 11) is 0. The summed E-state index contributed by atoms with van der Waals surface area (Å²) in [6.07, 6.45) is 0.217. The number of carbonyl (C=O) groups is 1. The molecule has 1 aliphatic heterocycles. The highest BCUT2D eigenvalue weighted by atomic mass is 35.5. The number of benzene rings is 1. The standard InChI is InChI=1S/C13H15ClFNO/c1-8(10-6-16-7-10)13(17)5-9-4-11(15)2-3-12(9)14/h2-4,8,10,16H,5-7H2,1H3. The van der Waals surface area contributed by atoms with Crippen molar-refractivity contribution in [3.63, 3.8) is 0 Å². The zero-order valence-corrected chi connectivity index (χ0v) is 10.4. The van der Waals surface area contributed by atoms with E-state index < -0.39 is 0 Å². The Morgan fingerprint density at radius 3 is 2.88 bits per heavy atom. The van der Waals surface area contributed by atoms with Gasteiger partial charge in [0, 0.05) is 17.4 Å². The van der Waals surface area contributed by atoms with Crippen molar-refractivity contribution in [3.05, 3.63) is 34.6 Å². The molecule has 0 aliphatic carbocycles. The second-order valence-electron chi connectivity index (χ2n) is 4.59. The topological polar surface area (TPSA) is 29.1 Å². The second kappa shape index (κ2) is 5.15. The third-order valence-electron chi connectivity index (χ3n) is 3.40. The van der Waals surface area contributed by atoms with Crippen molar-refractivity contribution < 1.29 is 9.18 Å². The lowest BCUT2D eigenvalue weighted by atomic mass is 9.84. The molecule has 1 unspecified atom stereocenters. The summed E-state index contributed by atoms with van der Waals surface area (Å²) >= 11 is 5.94. The van der Waals surface area contributed by atoms with Gasteiger partial charge in [0.15, 0.2) is 0 Å². The zero-order valence-electron chi connectivity index (χ0n) is 9.67. The van der Waals surface area contributed by atoms with Crippen molar-refractivity contribution in [1.29, 1.82) is 0 Å². The van der Waals surface area contributed by atoms with E-state index in [1.807, 2.05) is 6.92 Å². The molecule has 2 rings (SSSR count). The van der Waals surface area contributed by atoms with Crippen LogP contribution in [0.25, 0.3) is 0 Å². The highest BCUT2D eigenvalue weighted by molar-refractivity contribution is 6.31. The van der Waals surface area contributed by atoms with Crippen LogP contribution in [0, 0.1) is 17.7 Å². The van der Waals surface area contributed by atoms with E-state index in [4.69, 9.17) is 11.6 Å². The number of nitrogens with one attached hydrogen (secondary N) is 1. The SMILES string of the molecule is CC(C(=O)Cc1cc(F)ccc1Cl)C1CNC1. The largest absolute Gasteiger partial charge is 0.316 e. The van der Waals surface area contributed by atoms with E-state index in [1.54, 1.807) is 0 Å². The summed E-state index contributed by atoms with van der Waals surface area (Å²) in [5.41, 5.74) is 0.579. The van der Waals surface area contributed by atoms with Crippen LogP contribution >= 0.6 is 11.6 Å². The van der Waals surface area contributed by atoms with Crippen molar-refractivity contribution in [3.8, 4) is 0 Å². The summed E-state index contributed by atoms with van der Waals surface area (Å²) in [5.74, 6) is 0.199. The fourth-order valence-electron chi connectivity index (χ4n) is 1.95. The van der Waals surface area contributed by atoms with Gasteiger partial charge in [-0.2, -0.15) is 0 Å². The molecule has 0 saturated carbocycles. The van der Waals surface area contributed by atoms with Gasteiger partial charge >= 0.3 is 0 Å². The minimum absolute atomic E-state index is 0.00980. The van der Waals surface area contributed by atoms with Gasteiger partial charge in [-0.3, -0.25) is 4.79 Å². The summed E-state index contributed by atoms with van der Waals surface area (Å²) in [6, 6.07) is 4.14. The number of rotatable bonds is 4. The molecule has 0 spiro atoms. The Labute approximate surface area is 105 Å². The maximum atomic E-state index is 13.1. The molecule has 2 nitrogen and oxygen atoms in total. The monoisotopic (exact) mass is 255 g/mol. The Kier molecular flexibility index (Phi) is 3.79. The van der Waals surface area contributed by atoms with Gasteiger partial charge < -0.3 is 5.32 Å². The first-order valence-corrected chi connectivity index (χ1v) is 6.13. The van der Waals surface area contributed by atoms with Gasteiger partial charge in [0.1, 0.15) is 11.6 Å². The van der Waals surface area contributed by atoms with E-state index in [0.717, 1.165) is 13.1 Å². The van der Waals surface area contributed by atoms with Crippen LogP contribution in [-0.2, 0) is 11.2 Å². The van der Waals surface area contributed by atoms with E-state index in [0.29, 0.717) is 16.5 Å². The Morgan fingerprint density at radius 2 is 2.29 bits per heavy atom. The summed E-state index contributed by atoms with van der Waals surface area (Å²) < 4.78 is 13.1. The maximum Gasteiger partial charge on any atom is 0.140 e. The van der Waals surface area contributed by atoms with Crippen LogP contribution in [-0.4, -0.2) is 18.9 Å². The second-order valence-corrected chi connectivity index (χ2v) is 4.99. The molecular formula is C13H15ClFNO. The molecule has 4 heteroatoms. The molecule has 1 aliphatic rings. The van der Waals surface area contributed by atoms with Crippen LogP contribution in [0.15, 0.2) is 18.2 Å². The molecule has 0 aromatic heterocycles. The van der Waals surface area contributed by atoms with Crippen molar-refractivity contribution in [2.75, 3.05) is 13.1 Å². The Morgan fingerprint density at radius 1 is 1.59 bits per heavy atom. The van der Waals surface area contributed by atoms with Gasteiger partial charge in [0.2, 0.25) is 0 Å². The van der Waals surface area contributed by atoms with Gasteiger partial charge in [0.05, 0.1) is 0 Å². The van der Waals surface area contributed by atoms with Crippen molar-refractivity contribution in [1.82, 2.24) is 5.32 Å². The molecule has 1 N–H and O–H groups in total. The van der Waals surface area contributed by atoms with E-state index in [2.05, 4.69) is 5.32 Å². The van der Waals surface area contributed by atoms with Crippen LogP contribution in [0.3, 0.4) is 0 Å². The predicted octanol–water partition coefficient (Wildman–Crippen LogP) is 2.45. The van der Waals surface area contributed by atoms with Gasteiger partial charge in [-0.25, -0.2) is 4.39 Å².